The maximum atomic E-state index is 14.2. The molecule has 14 heteroatoms. The van der Waals surface area contributed by atoms with Crippen LogP contribution in [-0.2, 0) is 29.5 Å². The van der Waals surface area contributed by atoms with Gasteiger partial charge in [-0.2, -0.15) is 8.42 Å². The molecule has 2 aromatic carbocycles. The third-order valence-electron chi connectivity index (χ3n) is 7.72. The topological polar surface area (TPSA) is 164 Å². The Balaban J connectivity index is 2.07. The maximum Gasteiger partial charge on any atom is 0.266 e. The van der Waals surface area contributed by atoms with Gasteiger partial charge in [0.2, 0.25) is 5.91 Å². The van der Waals surface area contributed by atoms with Crippen molar-refractivity contribution in [2.24, 2.45) is 11.1 Å². The fraction of sp³-hybridized carbons (Fsp3) is 0.533. The summed E-state index contributed by atoms with van der Waals surface area (Å²) in [6.45, 7) is 3.09. The predicted molar refractivity (Wildman–Crippen MR) is 173 cm³/mol. The summed E-state index contributed by atoms with van der Waals surface area (Å²) in [5, 5.41) is 0. The molecule has 0 saturated carbocycles. The van der Waals surface area contributed by atoms with E-state index >= 15 is 0 Å². The number of carbonyl (C=O) groups is 2. The first kappa shape index (κ1) is 35.7. The first-order valence-corrected chi connectivity index (χ1v) is 19.1. The third-order valence-corrected chi connectivity index (χ3v) is 11.2. The van der Waals surface area contributed by atoms with E-state index < -0.39 is 62.6 Å². The Kier molecular flexibility index (Phi) is 12.5. The van der Waals surface area contributed by atoms with Crippen LogP contribution in [0.15, 0.2) is 52.3 Å². The second kappa shape index (κ2) is 15.5. The Hall–Kier alpha value is -2.81. The van der Waals surface area contributed by atoms with Gasteiger partial charge in [-0.25, -0.2) is 8.42 Å². The molecule has 244 valence electrons. The Labute approximate surface area is 265 Å². The number of amides is 2. The standard InChI is InChI=1S/C30H43N3O8S3/c1-4-6-13-30(14-7-5-2)21-33(23-11-9-8-10-12-23)24-17-26(42-3)25(18-27(24)43(36,37)22-30)41-20-29(35)32(19-28(31)34)15-16-44(38,39)40/h8-12,17-18H,4-7,13-16,19-22H2,1-3H3,(H2,31,34)(H,38,39,40). The second-order valence-corrected chi connectivity index (χ2v) is 15.6. The summed E-state index contributed by atoms with van der Waals surface area (Å²) in [5.41, 5.74) is 6.17. The van der Waals surface area contributed by atoms with Gasteiger partial charge in [0.15, 0.2) is 16.4 Å². The van der Waals surface area contributed by atoms with E-state index in [1.165, 1.54) is 17.8 Å². The first-order chi connectivity index (χ1) is 20.7. The van der Waals surface area contributed by atoms with E-state index in [0.29, 0.717) is 17.1 Å². The number of sulfone groups is 1. The number of rotatable bonds is 16. The normalized spacial score (nSPS) is 15.7. The van der Waals surface area contributed by atoms with Crippen LogP contribution in [0.5, 0.6) is 5.75 Å². The molecule has 2 amide bonds. The van der Waals surface area contributed by atoms with Crippen LogP contribution in [0.4, 0.5) is 11.4 Å². The van der Waals surface area contributed by atoms with Gasteiger partial charge in [-0.1, -0.05) is 57.7 Å². The zero-order chi connectivity index (χ0) is 32.5. The largest absolute Gasteiger partial charge is 0.483 e. The average Bonchev–Trinajstić information content (AvgIpc) is 3.06. The van der Waals surface area contributed by atoms with Crippen LogP contribution in [0.2, 0.25) is 0 Å². The van der Waals surface area contributed by atoms with E-state index in [4.69, 9.17) is 15.0 Å². The van der Waals surface area contributed by atoms with Crippen molar-refractivity contribution in [1.82, 2.24) is 4.90 Å². The fourth-order valence-corrected chi connectivity index (χ4v) is 8.63. The van der Waals surface area contributed by atoms with Crippen LogP contribution in [0.25, 0.3) is 0 Å². The molecule has 0 aliphatic carbocycles. The van der Waals surface area contributed by atoms with Crippen molar-refractivity contribution in [2.75, 3.05) is 48.9 Å². The lowest BCUT2D eigenvalue weighted by Crippen LogP contribution is -2.43. The van der Waals surface area contributed by atoms with Crippen molar-refractivity contribution in [2.45, 2.75) is 62.2 Å². The van der Waals surface area contributed by atoms with Crippen molar-refractivity contribution in [1.29, 1.82) is 0 Å². The van der Waals surface area contributed by atoms with Gasteiger partial charge in [0.05, 0.1) is 33.5 Å². The van der Waals surface area contributed by atoms with E-state index in [0.717, 1.165) is 49.1 Å². The van der Waals surface area contributed by atoms with E-state index in [2.05, 4.69) is 18.7 Å². The van der Waals surface area contributed by atoms with Crippen LogP contribution >= 0.6 is 11.8 Å². The zero-order valence-electron chi connectivity index (χ0n) is 25.5. The second-order valence-electron chi connectivity index (χ2n) is 11.2. The monoisotopic (exact) mass is 669 g/mol. The number of primary amides is 1. The van der Waals surface area contributed by atoms with Gasteiger partial charge < -0.3 is 20.3 Å². The summed E-state index contributed by atoms with van der Waals surface area (Å²) < 4.78 is 65.8. The highest BCUT2D eigenvalue weighted by atomic mass is 32.2. The number of nitrogens with zero attached hydrogens (tertiary/aromatic N) is 2. The molecule has 1 heterocycles. The van der Waals surface area contributed by atoms with Crippen LogP contribution in [0, 0.1) is 5.41 Å². The van der Waals surface area contributed by atoms with Gasteiger partial charge in [-0.05, 0) is 37.3 Å². The highest BCUT2D eigenvalue weighted by Gasteiger charge is 2.42. The molecule has 0 unspecified atom stereocenters. The highest BCUT2D eigenvalue weighted by molar-refractivity contribution is 7.98. The smallest absolute Gasteiger partial charge is 0.266 e. The van der Waals surface area contributed by atoms with E-state index in [1.54, 1.807) is 6.07 Å². The number of unbranched alkanes of at least 4 members (excludes halogenated alkanes) is 2. The summed E-state index contributed by atoms with van der Waals surface area (Å²) in [6, 6.07) is 12.9. The van der Waals surface area contributed by atoms with Crippen LogP contribution < -0.4 is 15.4 Å². The summed E-state index contributed by atoms with van der Waals surface area (Å²) in [6.07, 6.45) is 7.07. The molecule has 1 aliphatic heterocycles. The lowest BCUT2D eigenvalue weighted by Gasteiger charge is -2.37. The summed E-state index contributed by atoms with van der Waals surface area (Å²) in [7, 11) is -8.22. The van der Waals surface area contributed by atoms with Crippen molar-refractivity contribution in [3.8, 4) is 5.75 Å². The van der Waals surface area contributed by atoms with Crippen molar-refractivity contribution < 1.29 is 35.7 Å². The van der Waals surface area contributed by atoms with Gasteiger partial charge in [0, 0.05) is 30.3 Å². The minimum Gasteiger partial charge on any atom is -0.483 e. The molecule has 11 nitrogen and oxygen atoms in total. The van der Waals surface area contributed by atoms with Gasteiger partial charge >= 0.3 is 0 Å². The fourth-order valence-electron chi connectivity index (χ4n) is 5.52. The van der Waals surface area contributed by atoms with Gasteiger partial charge in [-0.15, -0.1) is 11.8 Å². The minimum absolute atomic E-state index is 0.0185. The van der Waals surface area contributed by atoms with E-state index in [1.807, 2.05) is 36.6 Å². The Morgan fingerprint density at radius 2 is 1.75 bits per heavy atom. The Morgan fingerprint density at radius 3 is 2.30 bits per heavy atom. The van der Waals surface area contributed by atoms with Crippen molar-refractivity contribution in [3.05, 3.63) is 42.5 Å². The molecular formula is C30H43N3O8S3. The number of hydrogen-bond acceptors (Lipinski definition) is 9. The number of thioether (sulfide) groups is 1. The molecule has 0 aromatic heterocycles. The number of para-hydroxylation sites is 1. The molecule has 0 fully saturated rings. The molecule has 44 heavy (non-hydrogen) atoms. The number of anilines is 2. The number of nitrogens with two attached hydrogens (primary N) is 1. The zero-order valence-corrected chi connectivity index (χ0v) is 28.0. The molecule has 3 N–H and O–H groups in total. The minimum atomic E-state index is -4.40. The lowest BCUT2D eigenvalue weighted by atomic mass is 9.79. The van der Waals surface area contributed by atoms with Gasteiger partial charge in [0.25, 0.3) is 16.0 Å². The average molecular weight is 670 g/mol. The van der Waals surface area contributed by atoms with Crippen LogP contribution in [-0.4, -0.2) is 82.1 Å². The molecule has 1 aliphatic rings. The quantitative estimate of drug-likeness (QED) is 0.195. The summed E-state index contributed by atoms with van der Waals surface area (Å²) in [4.78, 5) is 28.1. The van der Waals surface area contributed by atoms with Crippen molar-refractivity contribution >= 4 is 54.9 Å². The first-order valence-electron chi connectivity index (χ1n) is 14.7. The van der Waals surface area contributed by atoms with Gasteiger partial charge in [0.1, 0.15) is 5.75 Å². The highest BCUT2D eigenvalue weighted by Crippen LogP contribution is 2.47. The number of fused-ring (bicyclic) bond motifs is 1. The van der Waals surface area contributed by atoms with Crippen LogP contribution in [0.1, 0.15) is 52.4 Å². The molecule has 0 bridgehead atoms. The summed E-state index contributed by atoms with van der Waals surface area (Å²) >= 11 is 1.33. The molecule has 0 spiro atoms. The lowest BCUT2D eigenvalue weighted by molar-refractivity contribution is -0.136. The predicted octanol–water partition coefficient (Wildman–Crippen LogP) is 4.28. The van der Waals surface area contributed by atoms with Gasteiger partial charge in [-0.3, -0.25) is 14.1 Å². The molecular weight excluding hydrogens is 627 g/mol. The van der Waals surface area contributed by atoms with Crippen molar-refractivity contribution in [3.63, 3.8) is 0 Å². The third kappa shape index (κ3) is 9.59. The summed E-state index contributed by atoms with van der Waals surface area (Å²) in [5.74, 6) is -2.25. The molecule has 2 aromatic rings. The molecule has 3 rings (SSSR count). The molecule has 0 atom stereocenters. The van der Waals surface area contributed by atoms with E-state index in [-0.39, 0.29) is 16.4 Å². The molecule has 0 saturated heterocycles. The number of hydrogen-bond donors (Lipinski definition) is 2. The number of carbonyl (C=O) groups excluding carboxylic acids is 2. The number of ether oxygens (including phenoxy) is 1. The van der Waals surface area contributed by atoms with Crippen LogP contribution in [0.3, 0.4) is 0 Å². The Morgan fingerprint density at radius 1 is 1.11 bits per heavy atom. The molecule has 0 radical (unpaired) electrons. The maximum absolute atomic E-state index is 14.2. The SMILES string of the molecule is CCCCC1(CCCC)CN(c2ccccc2)c2cc(SC)c(OCC(=O)N(CCS(=O)(=O)O)CC(N)=O)cc2S(=O)(=O)C1. The number of benzene rings is 2. The Bertz CT molecular complexity index is 1510. The van der Waals surface area contributed by atoms with E-state index in [9.17, 15) is 26.4 Å².